The van der Waals surface area contributed by atoms with Gasteiger partial charge in [-0.05, 0) is 52.4 Å². The van der Waals surface area contributed by atoms with E-state index in [1.165, 1.54) is 16.7 Å². The van der Waals surface area contributed by atoms with Crippen LogP contribution in [0.15, 0.2) is 117 Å². The van der Waals surface area contributed by atoms with E-state index in [-0.39, 0.29) is 29.2 Å². The molecule has 0 aliphatic heterocycles. The second-order valence-corrected chi connectivity index (χ2v) is 12.1. The van der Waals surface area contributed by atoms with Gasteiger partial charge in [0.25, 0.3) is 5.56 Å². The molecule has 4 aromatic carbocycles. The lowest BCUT2D eigenvalue weighted by Crippen LogP contribution is -2.28. The number of sulfone groups is 1. The molecule has 0 fully saturated rings. The summed E-state index contributed by atoms with van der Waals surface area (Å²) in [5.74, 6) is -0.179. The fourth-order valence-corrected chi connectivity index (χ4v) is 5.64. The van der Waals surface area contributed by atoms with E-state index in [9.17, 15) is 18.0 Å². The summed E-state index contributed by atoms with van der Waals surface area (Å²) in [4.78, 5) is 28.2. The average Bonchev–Trinajstić information content (AvgIpc) is 2.90. The minimum atomic E-state index is -3.36. The number of halogens is 1. The molecule has 0 N–H and O–H groups in total. The van der Waals surface area contributed by atoms with Crippen molar-refractivity contribution in [2.24, 2.45) is 0 Å². The van der Waals surface area contributed by atoms with Gasteiger partial charge in [-0.25, -0.2) is 8.42 Å². The number of benzene rings is 4. The molecule has 0 atom stereocenters. The van der Waals surface area contributed by atoms with Gasteiger partial charge in [0.15, 0.2) is 15.6 Å². The van der Waals surface area contributed by atoms with Crippen LogP contribution < -0.4 is 5.56 Å². The maximum atomic E-state index is 14.0. The number of hydrogen-bond donors (Lipinski definition) is 0. The lowest BCUT2D eigenvalue weighted by molar-refractivity contribution is 0.0984. The van der Waals surface area contributed by atoms with Crippen LogP contribution in [0.5, 0.6) is 0 Å². The van der Waals surface area contributed by atoms with Crippen LogP contribution in [0.1, 0.15) is 21.6 Å². The summed E-state index contributed by atoms with van der Waals surface area (Å²) in [7, 11) is -3.36. The van der Waals surface area contributed by atoms with E-state index in [1.54, 1.807) is 18.2 Å². The largest absolute Gasteiger partial charge is 0.300 e. The van der Waals surface area contributed by atoms with Crippen molar-refractivity contribution in [2.45, 2.75) is 17.9 Å². The molecule has 0 bridgehead atoms. The predicted molar refractivity (Wildman–Crippen MR) is 154 cm³/mol. The van der Waals surface area contributed by atoms with Crippen LogP contribution in [0, 0.1) is 0 Å². The number of carbonyl (C=O) groups excluding carboxylic acids is 1. The Kier molecular flexibility index (Phi) is 7.15. The monoisotopic (exact) mass is 585 g/mol. The summed E-state index contributed by atoms with van der Waals surface area (Å²) in [6, 6.07) is 30.9. The number of pyridine rings is 1. The van der Waals surface area contributed by atoms with Crippen molar-refractivity contribution in [1.82, 2.24) is 4.57 Å². The van der Waals surface area contributed by atoms with Gasteiger partial charge >= 0.3 is 0 Å². The molecule has 5 rings (SSSR count). The molecule has 0 radical (unpaired) electrons. The van der Waals surface area contributed by atoms with E-state index in [4.69, 9.17) is 0 Å². The zero-order valence-corrected chi connectivity index (χ0v) is 23.0. The Balaban J connectivity index is 1.78. The number of fused-ring (bicyclic) bond motifs is 1. The highest BCUT2D eigenvalue weighted by molar-refractivity contribution is 9.10. The van der Waals surface area contributed by atoms with Crippen molar-refractivity contribution >= 4 is 42.3 Å². The van der Waals surface area contributed by atoms with Crippen LogP contribution >= 0.6 is 15.9 Å². The van der Waals surface area contributed by atoms with E-state index in [0.717, 1.165) is 21.9 Å². The minimum Gasteiger partial charge on any atom is -0.300 e. The van der Waals surface area contributed by atoms with Gasteiger partial charge in [-0.2, -0.15) is 0 Å². The molecular formula is C31H24BrNO4S. The number of Topliss-reactive ketones (excluding diaryl/α,β-unsaturated/α-hetero) is 1. The molecule has 190 valence electrons. The molecule has 5 aromatic rings. The number of rotatable bonds is 7. The van der Waals surface area contributed by atoms with Gasteiger partial charge in [0.1, 0.15) is 0 Å². The number of ketones is 1. The zero-order valence-electron chi connectivity index (χ0n) is 20.6. The fraction of sp³-hybridized carbons (Fsp3) is 0.0968. The second kappa shape index (κ2) is 10.5. The highest BCUT2D eigenvalue weighted by atomic mass is 79.9. The summed E-state index contributed by atoms with van der Waals surface area (Å²) < 4.78 is 26.2. The molecule has 0 saturated heterocycles. The quantitative estimate of drug-likeness (QED) is 0.210. The highest BCUT2D eigenvalue weighted by Crippen LogP contribution is 2.33. The summed E-state index contributed by atoms with van der Waals surface area (Å²) in [5, 5.41) is 1.19. The third-order valence-electron chi connectivity index (χ3n) is 6.46. The van der Waals surface area contributed by atoms with Gasteiger partial charge in [0.2, 0.25) is 0 Å². The Morgan fingerprint density at radius 3 is 2.05 bits per heavy atom. The van der Waals surface area contributed by atoms with Crippen molar-refractivity contribution in [1.29, 1.82) is 0 Å². The number of aromatic nitrogens is 1. The van der Waals surface area contributed by atoms with Crippen LogP contribution in [0.2, 0.25) is 0 Å². The average molecular weight is 587 g/mol. The first-order valence-electron chi connectivity index (χ1n) is 12.0. The Morgan fingerprint density at radius 2 is 1.42 bits per heavy atom. The maximum absolute atomic E-state index is 14.0. The topological polar surface area (TPSA) is 73.2 Å². The van der Waals surface area contributed by atoms with Crippen molar-refractivity contribution in [3.8, 4) is 11.1 Å². The molecule has 1 aromatic heterocycles. The first-order valence-corrected chi connectivity index (χ1v) is 14.7. The predicted octanol–water partition coefficient (Wildman–Crippen LogP) is 6.31. The Labute approximate surface area is 229 Å². The van der Waals surface area contributed by atoms with E-state index in [2.05, 4.69) is 15.9 Å². The molecule has 5 nitrogen and oxygen atoms in total. The molecule has 0 aliphatic carbocycles. The SMILES string of the molecule is CS(=O)(=O)c1ccc(Cn2c(C(=O)Cc3ccccc3)c(-c3ccccc3)c3cc(Br)ccc3c2=O)cc1. The highest BCUT2D eigenvalue weighted by Gasteiger charge is 2.24. The van der Waals surface area contributed by atoms with Gasteiger partial charge in [0.05, 0.1) is 17.1 Å². The van der Waals surface area contributed by atoms with Crippen molar-refractivity contribution in [3.05, 3.63) is 135 Å². The zero-order chi connectivity index (χ0) is 26.9. The Morgan fingerprint density at radius 1 is 0.789 bits per heavy atom. The molecule has 0 unspecified atom stereocenters. The van der Waals surface area contributed by atoms with Crippen LogP contribution in [0.25, 0.3) is 21.9 Å². The third kappa shape index (κ3) is 5.26. The van der Waals surface area contributed by atoms with E-state index < -0.39 is 9.84 Å². The van der Waals surface area contributed by atoms with Crippen molar-refractivity contribution in [2.75, 3.05) is 6.26 Å². The molecule has 38 heavy (non-hydrogen) atoms. The molecule has 7 heteroatoms. The first-order chi connectivity index (χ1) is 18.2. The van der Waals surface area contributed by atoms with Gasteiger partial charge in [-0.1, -0.05) is 88.7 Å². The van der Waals surface area contributed by atoms with E-state index in [1.807, 2.05) is 72.8 Å². The van der Waals surface area contributed by atoms with Gasteiger partial charge in [0, 0.05) is 28.1 Å². The molecule has 0 amide bonds. The first kappa shape index (κ1) is 25.8. The lowest BCUT2D eigenvalue weighted by atomic mass is 9.93. The van der Waals surface area contributed by atoms with Crippen LogP contribution in [0.4, 0.5) is 0 Å². The van der Waals surface area contributed by atoms with Crippen LogP contribution in [0.3, 0.4) is 0 Å². The third-order valence-corrected chi connectivity index (χ3v) is 8.08. The van der Waals surface area contributed by atoms with Gasteiger partial charge in [-0.3, -0.25) is 14.2 Å². The normalized spacial score (nSPS) is 11.5. The minimum absolute atomic E-state index is 0.116. The Bertz CT molecular complexity index is 1810. The Hall–Kier alpha value is -3.81. The van der Waals surface area contributed by atoms with Crippen molar-refractivity contribution in [3.63, 3.8) is 0 Å². The summed E-state index contributed by atoms with van der Waals surface area (Å²) in [5.41, 5.74) is 3.12. The summed E-state index contributed by atoms with van der Waals surface area (Å²) in [6.07, 6.45) is 1.28. The van der Waals surface area contributed by atoms with E-state index in [0.29, 0.717) is 27.6 Å². The maximum Gasteiger partial charge on any atom is 0.259 e. The lowest BCUT2D eigenvalue weighted by Gasteiger charge is -2.20. The number of carbonyl (C=O) groups is 1. The molecular weight excluding hydrogens is 562 g/mol. The van der Waals surface area contributed by atoms with Crippen molar-refractivity contribution < 1.29 is 13.2 Å². The van der Waals surface area contributed by atoms with Gasteiger partial charge < -0.3 is 0 Å². The summed E-state index contributed by atoms with van der Waals surface area (Å²) in [6.45, 7) is 0.116. The number of hydrogen-bond acceptors (Lipinski definition) is 4. The molecule has 0 aliphatic rings. The van der Waals surface area contributed by atoms with E-state index >= 15 is 0 Å². The van der Waals surface area contributed by atoms with Gasteiger partial charge in [-0.15, -0.1) is 0 Å². The smallest absolute Gasteiger partial charge is 0.259 e. The molecule has 0 spiro atoms. The van der Waals surface area contributed by atoms with Crippen LogP contribution in [-0.4, -0.2) is 25.0 Å². The summed E-state index contributed by atoms with van der Waals surface area (Å²) >= 11 is 3.53. The molecule has 1 heterocycles. The fourth-order valence-electron chi connectivity index (χ4n) is 4.65. The second-order valence-electron chi connectivity index (χ2n) is 9.17. The van der Waals surface area contributed by atoms with Crippen LogP contribution in [-0.2, 0) is 22.8 Å². The number of nitrogens with zero attached hydrogens (tertiary/aromatic N) is 1. The molecule has 0 saturated carbocycles. The standard InChI is InChI=1S/C31H24BrNO4S/c1-38(36,37)25-15-12-22(13-16-25)20-33-30(28(34)18-21-8-4-2-5-9-21)29(23-10-6-3-7-11-23)27-19-24(32)14-17-26(27)31(33)35/h2-17,19H,18,20H2,1H3.